The number of rotatable bonds is 10. The Morgan fingerprint density at radius 3 is 2.47 bits per heavy atom. The van der Waals surface area contributed by atoms with Crippen molar-refractivity contribution in [2.24, 2.45) is 11.7 Å². The van der Waals surface area contributed by atoms with E-state index < -0.39 is 24.7 Å². The third kappa shape index (κ3) is 5.48. The number of phenols is 1. The van der Waals surface area contributed by atoms with Gasteiger partial charge in [-0.05, 0) is 55.6 Å². The van der Waals surface area contributed by atoms with Gasteiger partial charge in [0.2, 0.25) is 5.91 Å². The van der Waals surface area contributed by atoms with E-state index in [1.807, 2.05) is 0 Å². The van der Waals surface area contributed by atoms with Crippen LogP contribution in [0.15, 0.2) is 12.1 Å². The molecule has 11 heteroatoms. The number of carboxylic acid groups (broad SMARTS) is 1. The maximum atomic E-state index is 12.6. The normalized spacial score (nSPS) is 26.6. The van der Waals surface area contributed by atoms with Crippen molar-refractivity contribution in [1.82, 2.24) is 10.2 Å². The molecular formula is C23H34BN3O7. The summed E-state index contributed by atoms with van der Waals surface area (Å²) in [7, 11) is -1.50. The minimum absolute atomic E-state index is 0.0518. The van der Waals surface area contributed by atoms with Crippen LogP contribution in [-0.2, 0) is 4.79 Å². The third-order valence-electron chi connectivity index (χ3n) is 7.39. The van der Waals surface area contributed by atoms with E-state index in [-0.39, 0.29) is 29.2 Å². The second kappa shape index (κ2) is 10.5. The highest BCUT2D eigenvalue weighted by molar-refractivity contribution is 6.44. The molecule has 4 rings (SSSR count). The largest absolute Gasteiger partial charge is 0.507 e. The Balaban J connectivity index is 1.27. The molecule has 3 aliphatic rings. The maximum Gasteiger partial charge on any atom is 0.455 e. The monoisotopic (exact) mass is 475 g/mol. The molecule has 0 radical (unpaired) electrons. The summed E-state index contributed by atoms with van der Waals surface area (Å²) in [6.07, 6.45) is 4.80. The molecule has 0 bridgehead atoms. The van der Waals surface area contributed by atoms with Gasteiger partial charge in [0.1, 0.15) is 23.2 Å². The number of ether oxygens (including phenoxy) is 1. The standard InChI is InChI=1S/C23H34BN3O7/c25-7-8-26-14-3-1-13(2-4-14)9-20(28)27-11-15(12-27)34-19-6-5-16(17-10-18(17)24(32)33)22(29)21(19)23(30)31/h5-6,13-15,17-18,26,29,32-33H,1-4,7-12,25H2,(H,30,31)/t13-,14-,17-,18-/m1/s1. The SMILES string of the molecule is NCCN[C@H]1CC[C@H](CC(=O)N2CC(Oc3ccc([C@H]4C[C@H]4B(O)O)c(O)c3C(=O)O)C2)CC1. The molecule has 10 nitrogen and oxygen atoms in total. The van der Waals surface area contributed by atoms with Gasteiger partial charge in [-0.15, -0.1) is 0 Å². The van der Waals surface area contributed by atoms with E-state index in [9.17, 15) is 29.9 Å². The summed E-state index contributed by atoms with van der Waals surface area (Å²) in [5.74, 6) is -1.90. The van der Waals surface area contributed by atoms with Crippen LogP contribution in [0.5, 0.6) is 11.5 Å². The third-order valence-corrected chi connectivity index (χ3v) is 7.39. The van der Waals surface area contributed by atoms with Gasteiger partial charge in [-0.25, -0.2) is 4.79 Å². The van der Waals surface area contributed by atoms with Gasteiger partial charge in [-0.3, -0.25) is 4.79 Å². The van der Waals surface area contributed by atoms with Gasteiger partial charge in [-0.2, -0.15) is 0 Å². The molecule has 186 valence electrons. The van der Waals surface area contributed by atoms with Crippen molar-refractivity contribution in [2.75, 3.05) is 26.2 Å². The van der Waals surface area contributed by atoms with Crippen LogP contribution in [0.3, 0.4) is 0 Å². The van der Waals surface area contributed by atoms with Gasteiger partial charge in [0.25, 0.3) is 0 Å². The highest BCUT2D eigenvalue weighted by Crippen LogP contribution is 2.56. The molecule has 1 amide bonds. The molecular weight excluding hydrogens is 441 g/mol. The summed E-state index contributed by atoms with van der Waals surface area (Å²) in [6, 6.07) is 3.56. The summed E-state index contributed by atoms with van der Waals surface area (Å²) >= 11 is 0. The van der Waals surface area contributed by atoms with Crippen LogP contribution in [-0.4, -0.2) is 82.5 Å². The van der Waals surface area contributed by atoms with Crippen molar-refractivity contribution >= 4 is 19.0 Å². The van der Waals surface area contributed by atoms with Crippen LogP contribution in [0.25, 0.3) is 0 Å². The van der Waals surface area contributed by atoms with Crippen molar-refractivity contribution in [3.05, 3.63) is 23.3 Å². The number of aromatic hydroxyl groups is 1. The van der Waals surface area contributed by atoms with Crippen LogP contribution in [0.4, 0.5) is 0 Å². The minimum Gasteiger partial charge on any atom is -0.507 e. The molecule has 1 aromatic rings. The van der Waals surface area contributed by atoms with E-state index in [2.05, 4.69) is 5.32 Å². The Morgan fingerprint density at radius 2 is 1.88 bits per heavy atom. The van der Waals surface area contributed by atoms with Crippen molar-refractivity contribution in [3.8, 4) is 11.5 Å². The smallest absolute Gasteiger partial charge is 0.455 e. The number of carbonyl (C=O) groups excluding carboxylic acids is 1. The number of hydrogen-bond donors (Lipinski definition) is 6. The average Bonchev–Trinajstić information content (AvgIpc) is 3.56. The quantitative estimate of drug-likeness (QED) is 0.264. The summed E-state index contributed by atoms with van der Waals surface area (Å²) in [6.45, 7) is 2.22. The Labute approximate surface area is 199 Å². The molecule has 0 spiro atoms. The molecule has 7 N–H and O–H groups in total. The molecule has 1 heterocycles. The first kappa shape index (κ1) is 24.8. The topological polar surface area (TPSA) is 166 Å². The van der Waals surface area contributed by atoms with Gasteiger partial charge in [0, 0.05) is 31.4 Å². The number of benzene rings is 1. The number of nitrogens with zero attached hydrogens (tertiary/aromatic N) is 1. The summed E-state index contributed by atoms with van der Waals surface area (Å²) in [4.78, 5) is 26.2. The van der Waals surface area contributed by atoms with Crippen LogP contribution in [0.2, 0.25) is 5.82 Å². The maximum absolute atomic E-state index is 12.6. The number of carbonyl (C=O) groups is 2. The molecule has 3 fully saturated rings. The van der Waals surface area contributed by atoms with E-state index in [1.165, 1.54) is 6.07 Å². The zero-order chi connectivity index (χ0) is 24.4. The molecule has 2 aliphatic carbocycles. The average molecular weight is 475 g/mol. The molecule has 2 saturated carbocycles. The number of hydrogen-bond acceptors (Lipinski definition) is 8. The Bertz CT molecular complexity index is 901. The van der Waals surface area contributed by atoms with Crippen molar-refractivity contribution < 1.29 is 34.6 Å². The lowest BCUT2D eigenvalue weighted by molar-refractivity contribution is -0.141. The fraction of sp³-hybridized carbons (Fsp3) is 0.652. The highest BCUT2D eigenvalue weighted by atomic mass is 16.5. The van der Waals surface area contributed by atoms with E-state index in [0.29, 0.717) is 50.0 Å². The summed E-state index contributed by atoms with van der Waals surface area (Å²) in [5.41, 5.74) is 5.58. The first-order valence-corrected chi connectivity index (χ1v) is 12.1. The molecule has 34 heavy (non-hydrogen) atoms. The fourth-order valence-corrected chi connectivity index (χ4v) is 5.22. The molecule has 1 aliphatic heterocycles. The minimum atomic E-state index is -1.50. The van der Waals surface area contributed by atoms with Crippen molar-refractivity contribution in [1.29, 1.82) is 0 Å². The second-order valence-corrected chi connectivity index (χ2v) is 9.80. The summed E-state index contributed by atoms with van der Waals surface area (Å²) in [5, 5.41) is 42.2. The van der Waals surface area contributed by atoms with Gasteiger partial charge >= 0.3 is 13.1 Å². The van der Waals surface area contributed by atoms with Crippen LogP contribution in [0.1, 0.15) is 60.4 Å². The molecule has 2 atom stereocenters. The van der Waals surface area contributed by atoms with Crippen LogP contribution >= 0.6 is 0 Å². The second-order valence-electron chi connectivity index (χ2n) is 9.80. The number of amides is 1. The Hall–Kier alpha value is -2.34. The number of likely N-dealkylation sites (tertiary alicyclic amines) is 1. The molecule has 1 aromatic carbocycles. The van der Waals surface area contributed by atoms with Crippen molar-refractivity contribution in [3.63, 3.8) is 0 Å². The fourth-order valence-electron chi connectivity index (χ4n) is 5.22. The van der Waals surface area contributed by atoms with Crippen LogP contribution < -0.4 is 15.8 Å². The Kier molecular flexibility index (Phi) is 7.66. The predicted molar refractivity (Wildman–Crippen MR) is 125 cm³/mol. The molecule has 0 aromatic heterocycles. The van der Waals surface area contributed by atoms with E-state index in [4.69, 9.17) is 10.5 Å². The lowest BCUT2D eigenvalue weighted by Gasteiger charge is -2.40. The lowest BCUT2D eigenvalue weighted by Crippen LogP contribution is -2.56. The van der Waals surface area contributed by atoms with Crippen molar-refractivity contribution in [2.45, 2.75) is 62.4 Å². The first-order chi connectivity index (χ1) is 16.3. The van der Waals surface area contributed by atoms with Gasteiger partial charge in [-0.1, -0.05) is 6.07 Å². The number of nitrogens with two attached hydrogens (primary N) is 1. The highest BCUT2D eigenvalue weighted by Gasteiger charge is 2.48. The van der Waals surface area contributed by atoms with E-state index in [0.717, 1.165) is 32.2 Å². The lowest BCUT2D eigenvalue weighted by atomic mass is 9.81. The molecule has 1 saturated heterocycles. The van der Waals surface area contributed by atoms with Gasteiger partial charge in [0.05, 0.1) is 13.1 Å². The van der Waals surface area contributed by atoms with E-state index in [1.54, 1.807) is 11.0 Å². The van der Waals surface area contributed by atoms with Gasteiger partial charge < -0.3 is 40.9 Å². The number of carboxylic acids is 1. The van der Waals surface area contributed by atoms with Gasteiger partial charge in [0.15, 0.2) is 0 Å². The van der Waals surface area contributed by atoms with Crippen LogP contribution in [0, 0.1) is 5.92 Å². The molecule has 0 unspecified atom stereocenters. The number of aromatic carboxylic acids is 1. The number of nitrogens with one attached hydrogen (secondary N) is 1. The first-order valence-electron chi connectivity index (χ1n) is 12.1. The zero-order valence-electron chi connectivity index (χ0n) is 19.2. The Morgan fingerprint density at radius 1 is 1.18 bits per heavy atom. The predicted octanol–water partition coefficient (Wildman–Crippen LogP) is 0.508. The summed E-state index contributed by atoms with van der Waals surface area (Å²) < 4.78 is 5.82. The van der Waals surface area contributed by atoms with E-state index >= 15 is 0 Å². The zero-order valence-corrected chi connectivity index (χ0v) is 19.2.